The molecule has 1 amide bonds. The zero-order chi connectivity index (χ0) is 62.8. The third-order valence-corrected chi connectivity index (χ3v) is 18.6. The van der Waals surface area contributed by atoms with Crippen molar-refractivity contribution in [3.8, 4) is 0 Å². The Hall–Kier alpha value is -1.92. The highest BCUT2D eigenvalue weighted by Crippen LogP contribution is 2.19. The number of carbonyl (C=O) groups excluding carboxylic acids is 2. The quantitative estimate of drug-likeness (QED) is 0.0320. The molecule has 0 aliphatic rings. The molecule has 3 N–H and O–H groups in total. The van der Waals surface area contributed by atoms with Gasteiger partial charge in [-0.3, -0.25) is 9.59 Å². The third-order valence-electron chi connectivity index (χ3n) is 18.6. The van der Waals surface area contributed by atoms with E-state index in [9.17, 15) is 19.8 Å². The fourth-order valence-electron chi connectivity index (χ4n) is 12.6. The Morgan fingerprint density at radius 2 is 0.540 bits per heavy atom. The predicted octanol–water partition coefficient (Wildman–Crippen LogP) is 26.2. The van der Waals surface area contributed by atoms with Crippen molar-refractivity contribution in [2.75, 3.05) is 13.2 Å². The Morgan fingerprint density at radius 3 is 0.816 bits per heavy atom. The van der Waals surface area contributed by atoms with Crippen molar-refractivity contribution in [1.82, 2.24) is 5.32 Å². The zero-order valence-electron chi connectivity index (χ0n) is 59.0. The summed E-state index contributed by atoms with van der Waals surface area (Å²) in [6.07, 6.45) is 99.9. The number of rotatable bonds is 75. The molecule has 0 aliphatic heterocycles. The molecule has 6 nitrogen and oxygen atoms in total. The number of esters is 1. The van der Waals surface area contributed by atoms with Gasteiger partial charge in [-0.1, -0.05) is 384 Å². The van der Waals surface area contributed by atoms with Crippen LogP contribution in [0.25, 0.3) is 0 Å². The summed E-state index contributed by atoms with van der Waals surface area (Å²) in [5.41, 5.74) is 0. The van der Waals surface area contributed by atoms with Gasteiger partial charge in [0, 0.05) is 12.8 Å². The Bertz CT molecular complexity index is 1410. The lowest BCUT2D eigenvalue weighted by Gasteiger charge is -2.20. The van der Waals surface area contributed by atoms with Gasteiger partial charge in [0.1, 0.15) is 0 Å². The van der Waals surface area contributed by atoms with Gasteiger partial charge in [-0.2, -0.15) is 0 Å². The van der Waals surface area contributed by atoms with Crippen LogP contribution >= 0.6 is 0 Å². The maximum atomic E-state index is 12.5. The second-order valence-corrected chi connectivity index (χ2v) is 27.4. The Morgan fingerprint density at radius 1 is 0.310 bits per heavy atom. The number of allylic oxidation sites excluding steroid dienone is 5. The summed E-state index contributed by atoms with van der Waals surface area (Å²) in [6, 6.07) is -0.625. The van der Waals surface area contributed by atoms with Crippen LogP contribution in [0.5, 0.6) is 0 Å². The van der Waals surface area contributed by atoms with Crippen LogP contribution in [-0.4, -0.2) is 47.4 Å². The van der Waals surface area contributed by atoms with Crippen LogP contribution in [0.4, 0.5) is 0 Å². The van der Waals surface area contributed by atoms with Crippen molar-refractivity contribution in [1.29, 1.82) is 0 Å². The second-order valence-electron chi connectivity index (χ2n) is 27.4. The minimum absolute atomic E-state index is 0.0203. The van der Waals surface area contributed by atoms with Crippen molar-refractivity contribution in [2.24, 2.45) is 0 Å². The van der Waals surface area contributed by atoms with Gasteiger partial charge in [-0.05, 0) is 83.5 Å². The Kier molecular flexibility index (Phi) is 74.8. The second kappa shape index (κ2) is 76.5. The number of aliphatic hydroxyl groups is 2. The first-order chi connectivity index (χ1) is 43.0. The molecule has 0 heterocycles. The lowest BCUT2D eigenvalue weighted by molar-refractivity contribution is -0.143. The molecular weight excluding hydrogens is 1070 g/mol. The molecule has 0 spiro atoms. The molecule has 0 aromatic carbocycles. The molecule has 0 radical (unpaired) electrons. The third kappa shape index (κ3) is 73.0. The average Bonchev–Trinajstić information content (AvgIpc) is 3.53. The summed E-state index contributed by atoms with van der Waals surface area (Å²) >= 11 is 0. The molecular formula is C81H155NO5. The molecule has 0 rings (SSSR count). The minimum Gasteiger partial charge on any atom is -0.466 e. The van der Waals surface area contributed by atoms with Crippen LogP contribution in [0, 0.1) is 0 Å². The maximum absolute atomic E-state index is 12.5. The first-order valence-corrected chi connectivity index (χ1v) is 39.8. The van der Waals surface area contributed by atoms with Crippen LogP contribution in [0.2, 0.25) is 0 Å². The molecule has 2 atom stereocenters. The van der Waals surface area contributed by atoms with Gasteiger partial charge in [0.15, 0.2) is 0 Å². The van der Waals surface area contributed by atoms with E-state index < -0.39 is 12.1 Å². The first-order valence-electron chi connectivity index (χ1n) is 39.8. The van der Waals surface area contributed by atoms with Gasteiger partial charge >= 0.3 is 5.97 Å². The Labute approximate surface area is 544 Å². The number of carbonyl (C=O) groups is 2. The topological polar surface area (TPSA) is 95.9 Å². The van der Waals surface area contributed by atoms with E-state index in [0.29, 0.717) is 19.4 Å². The summed E-state index contributed by atoms with van der Waals surface area (Å²) in [5.74, 6) is -0.0410. The summed E-state index contributed by atoms with van der Waals surface area (Å²) in [5, 5.41) is 23.2. The fraction of sp³-hybridized carbons (Fsp3) is 0.901. The molecule has 0 aromatic rings. The molecule has 0 saturated heterocycles. The van der Waals surface area contributed by atoms with E-state index >= 15 is 0 Å². The van der Waals surface area contributed by atoms with Crippen molar-refractivity contribution in [2.45, 2.75) is 456 Å². The van der Waals surface area contributed by atoms with Crippen LogP contribution in [0.3, 0.4) is 0 Å². The normalized spacial score (nSPS) is 12.6. The number of hydrogen-bond acceptors (Lipinski definition) is 5. The number of hydrogen-bond donors (Lipinski definition) is 3. The molecule has 0 bridgehead atoms. The largest absolute Gasteiger partial charge is 0.466 e. The van der Waals surface area contributed by atoms with Gasteiger partial charge in [-0.25, -0.2) is 0 Å². The number of unbranched alkanes of at least 4 members (excludes halogenated alkanes) is 60. The number of ether oxygens (including phenoxy) is 1. The lowest BCUT2D eigenvalue weighted by atomic mass is 10.0. The van der Waals surface area contributed by atoms with Crippen LogP contribution in [-0.2, 0) is 14.3 Å². The van der Waals surface area contributed by atoms with E-state index in [2.05, 4.69) is 43.5 Å². The van der Waals surface area contributed by atoms with Gasteiger partial charge in [-0.15, -0.1) is 0 Å². The summed E-state index contributed by atoms with van der Waals surface area (Å²) in [6.45, 7) is 4.94. The molecule has 0 aromatic heterocycles. The highest BCUT2D eigenvalue weighted by molar-refractivity contribution is 5.76. The minimum atomic E-state index is -0.842. The summed E-state index contributed by atoms with van der Waals surface area (Å²) in [7, 11) is 0. The molecule has 6 heteroatoms. The van der Waals surface area contributed by atoms with E-state index in [1.807, 2.05) is 6.08 Å². The first kappa shape index (κ1) is 85.1. The summed E-state index contributed by atoms with van der Waals surface area (Å²) in [4.78, 5) is 24.6. The van der Waals surface area contributed by atoms with Crippen molar-refractivity contribution >= 4 is 11.9 Å². The highest BCUT2D eigenvalue weighted by atomic mass is 16.5. The molecule has 514 valence electrons. The molecule has 2 unspecified atom stereocenters. The van der Waals surface area contributed by atoms with E-state index in [0.717, 1.165) is 38.5 Å². The molecule has 0 saturated carbocycles. The van der Waals surface area contributed by atoms with E-state index in [1.165, 1.54) is 379 Å². The lowest BCUT2D eigenvalue weighted by Crippen LogP contribution is -2.45. The molecule has 0 aliphatic carbocycles. The maximum Gasteiger partial charge on any atom is 0.305 e. The fourth-order valence-corrected chi connectivity index (χ4v) is 12.6. The highest BCUT2D eigenvalue weighted by Gasteiger charge is 2.18. The molecule has 0 fully saturated rings. The van der Waals surface area contributed by atoms with E-state index in [-0.39, 0.29) is 18.5 Å². The predicted molar refractivity (Wildman–Crippen MR) is 384 cm³/mol. The Balaban J connectivity index is 3.34. The average molecular weight is 1220 g/mol. The van der Waals surface area contributed by atoms with Crippen LogP contribution < -0.4 is 5.32 Å². The van der Waals surface area contributed by atoms with Gasteiger partial charge in [0.05, 0.1) is 25.4 Å². The van der Waals surface area contributed by atoms with E-state index in [4.69, 9.17) is 4.74 Å². The standard InChI is InChI=1S/C81H155NO5/c1-3-5-7-9-11-13-15-17-19-21-39-43-47-51-55-59-63-67-71-75-81(86)87-76-72-68-64-60-56-52-48-44-41-38-36-34-32-30-28-26-24-22-23-25-27-29-31-33-35-37-40-42-46-50-54-58-62-66-70-74-80(85)82-78(77-83)79(84)73-69-65-61-57-53-49-45-20-18-16-14-12-10-8-6-4-2/h17,19,24,26,69,73,78-79,83-84H,3-16,18,20-23,25,27-68,70-72,74-77H2,1-2H3,(H,82,85)/b19-17-,26-24-,73-69+. The number of amides is 1. The zero-order valence-corrected chi connectivity index (χ0v) is 59.0. The SMILES string of the molecule is CCCCCCCC/C=C\CCCCCCCCCCCC(=O)OCCCCCCCCCCCCCCCC/C=C\CCCCCCCCCCCCCCCCCCCC(=O)NC(CO)C(O)/C=C/CCCCCCCCCCCCCCCC. The van der Waals surface area contributed by atoms with Gasteiger partial charge in [0.2, 0.25) is 5.91 Å². The summed E-state index contributed by atoms with van der Waals surface area (Å²) < 4.78 is 5.52. The number of aliphatic hydroxyl groups excluding tert-OH is 2. The monoisotopic (exact) mass is 1220 g/mol. The van der Waals surface area contributed by atoms with Gasteiger partial charge in [0.25, 0.3) is 0 Å². The van der Waals surface area contributed by atoms with Crippen LogP contribution in [0.1, 0.15) is 444 Å². The van der Waals surface area contributed by atoms with Gasteiger partial charge < -0.3 is 20.3 Å². The van der Waals surface area contributed by atoms with Crippen molar-refractivity contribution in [3.63, 3.8) is 0 Å². The molecule has 87 heavy (non-hydrogen) atoms. The van der Waals surface area contributed by atoms with Crippen molar-refractivity contribution in [3.05, 3.63) is 36.5 Å². The van der Waals surface area contributed by atoms with E-state index in [1.54, 1.807) is 6.08 Å². The van der Waals surface area contributed by atoms with Crippen LogP contribution in [0.15, 0.2) is 36.5 Å². The number of nitrogens with one attached hydrogen (secondary N) is 1. The van der Waals surface area contributed by atoms with Crippen molar-refractivity contribution < 1.29 is 24.5 Å². The smallest absolute Gasteiger partial charge is 0.305 e.